The normalized spacial score (nSPS) is 23.8. The highest BCUT2D eigenvalue weighted by molar-refractivity contribution is 7.15. The van der Waals surface area contributed by atoms with Crippen molar-refractivity contribution in [1.29, 1.82) is 0 Å². The summed E-state index contributed by atoms with van der Waals surface area (Å²) in [6.45, 7) is 6.18. The van der Waals surface area contributed by atoms with Crippen molar-refractivity contribution >= 4 is 16.3 Å². The topological polar surface area (TPSA) is 49.6 Å². The lowest BCUT2D eigenvalue weighted by molar-refractivity contribution is 0.156. The van der Waals surface area contributed by atoms with E-state index in [2.05, 4.69) is 15.2 Å². The summed E-state index contributed by atoms with van der Waals surface area (Å²) in [4.78, 5) is 20.2. The number of thiazole rings is 1. The van der Waals surface area contributed by atoms with Gasteiger partial charge in [-0.05, 0) is 58.2 Å². The molecule has 0 aliphatic carbocycles. The Morgan fingerprint density at radius 1 is 1.35 bits per heavy atom. The second-order valence-electron chi connectivity index (χ2n) is 6.90. The fourth-order valence-electron chi connectivity index (χ4n) is 4.04. The summed E-state index contributed by atoms with van der Waals surface area (Å²) in [7, 11) is 0. The summed E-state index contributed by atoms with van der Waals surface area (Å²) >= 11 is 1.55. The summed E-state index contributed by atoms with van der Waals surface area (Å²) < 4.78 is 1.70. The molecular formula is C17H24N4OS. The van der Waals surface area contributed by atoms with Gasteiger partial charge in [0.2, 0.25) is 0 Å². The second kappa shape index (κ2) is 6.34. The first kappa shape index (κ1) is 15.3. The average molecular weight is 332 g/mol. The second-order valence-corrected chi connectivity index (χ2v) is 7.73. The van der Waals surface area contributed by atoms with Crippen LogP contribution in [-0.4, -0.2) is 40.0 Å². The molecule has 124 valence electrons. The van der Waals surface area contributed by atoms with E-state index in [0.29, 0.717) is 0 Å². The number of fused-ring (bicyclic) bond motifs is 1. The van der Waals surface area contributed by atoms with Gasteiger partial charge in [0.25, 0.3) is 5.56 Å². The molecule has 4 heterocycles. The Labute approximate surface area is 140 Å². The van der Waals surface area contributed by atoms with Crippen LogP contribution >= 0.6 is 11.3 Å². The van der Waals surface area contributed by atoms with Crippen molar-refractivity contribution in [2.24, 2.45) is 5.92 Å². The van der Waals surface area contributed by atoms with Crippen molar-refractivity contribution in [3.05, 3.63) is 33.2 Å². The first-order valence-electron chi connectivity index (χ1n) is 8.63. The summed E-state index contributed by atoms with van der Waals surface area (Å²) in [5.74, 6) is 0.828. The van der Waals surface area contributed by atoms with Gasteiger partial charge < -0.3 is 5.32 Å². The minimum absolute atomic E-state index is 0.0498. The van der Waals surface area contributed by atoms with E-state index in [1.807, 2.05) is 12.3 Å². The zero-order valence-corrected chi connectivity index (χ0v) is 14.4. The zero-order chi connectivity index (χ0) is 15.8. The number of hydrogen-bond donors (Lipinski definition) is 1. The number of likely N-dealkylation sites (tertiary alicyclic amines) is 1. The summed E-state index contributed by atoms with van der Waals surface area (Å²) in [6, 6.07) is 2.45. The van der Waals surface area contributed by atoms with Gasteiger partial charge in [0.15, 0.2) is 4.96 Å². The van der Waals surface area contributed by atoms with Crippen molar-refractivity contribution < 1.29 is 0 Å². The molecule has 2 aliphatic heterocycles. The molecule has 2 saturated heterocycles. The lowest BCUT2D eigenvalue weighted by atomic mass is 9.88. The van der Waals surface area contributed by atoms with Crippen molar-refractivity contribution in [2.75, 3.05) is 19.6 Å². The molecule has 0 aromatic carbocycles. The maximum absolute atomic E-state index is 12.3. The molecule has 4 rings (SSSR count). The minimum atomic E-state index is 0.0498. The Hall–Kier alpha value is -1.24. The van der Waals surface area contributed by atoms with Gasteiger partial charge in [-0.15, -0.1) is 11.3 Å². The maximum Gasteiger partial charge on any atom is 0.259 e. The molecule has 23 heavy (non-hydrogen) atoms. The lowest BCUT2D eigenvalue weighted by Crippen LogP contribution is -2.40. The van der Waals surface area contributed by atoms with Crippen LogP contribution in [-0.2, 0) is 6.54 Å². The molecule has 1 atom stereocenters. The smallest absolute Gasteiger partial charge is 0.259 e. The quantitative estimate of drug-likeness (QED) is 0.934. The number of nitrogens with one attached hydrogen (secondary N) is 1. The van der Waals surface area contributed by atoms with Gasteiger partial charge in [-0.1, -0.05) is 0 Å². The molecule has 0 bridgehead atoms. The fraction of sp³-hybridized carbons (Fsp3) is 0.647. The number of nitrogens with zero attached hydrogens (tertiary/aromatic N) is 3. The Morgan fingerprint density at radius 2 is 2.17 bits per heavy atom. The predicted molar refractivity (Wildman–Crippen MR) is 93.1 cm³/mol. The molecule has 2 aliphatic rings. The molecule has 0 spiro atoms. The van der Waals surface area contributed by atoms with Crippen LogP contribution < -0.4 is 10.9 Å². The van der Waals surface area contributed by atoms with Gasteiger partial charge in [-0.25, -0.2) is 4.98 Å². The zero-order valence-electron chi connectivity index (χ0n) is 13.6. The van der Waals surface area contributed by atoms with E-state index < -0.39 is 0 Å². The van der Waals surface area contributed by atoms with Crippen LogP contribution in [0.1, 0.15) is 37.1 Å². The van der Waals surface area contributed by atoms with Gasteiger partial charge in [0, 0.05) is 29.7 Å². The van der Waals surface area contributed by atoms with Crippen LogP contribution in [0.4, 0.5) is 0 Å². The number of aryl methyl sites for hydroxylation is 1. The summed E-state index contributed by atoms with van der Waals surface area (Å²) in [5, 5.41) is 5.64. The van der Waals surface area contributed by atoms with Crippen LogP contribution in [0.3, 0.4) is 0 Å². The SMILES string of the molecule is Cc1csc2nc(CN3CCC(C4CCCN4)CC3)cc(=O)n12. The molecule has 2 aromatic rings. The van der Waals surface area contributed by atoms with Crippen LogP contribution in [0.5, 0.6) is 0 Å². The summed E-state index contributed by atoms with van der Waals surface area (Å²) in [5.41, 5.74) is 1.93. The number of aromatic nitrogens is 2. The van der Waals surface area contributed by atoms with E-state index in [9.17, 15) is 4.79 Å². The molecule has 1 N–H and O–H groups in total. The third kappa shape index (κ3) is 3.07. The molecule has 2 fully saturated rings. The largest absolute Gasteiger partial charge is 0.314 e. The molecule has 1 unspecified atom stereocenters. The Morgan fingerprint density at radius 3 is 2.91 bits per heavy atom. The predicted octanol–water partition coefficient (Wildman–Crippen LogP) is 2.03. The molecule has 5 nitrogen and oxygen atoms in total. The van der Waals surface area contributed by atoms with Gasteiger partial charge in [-0.2, -0.15) is 0 Å². The highest BCUT2D eigenvalue weighted by Gasteiger charge is 2.28. The van der Waals surface area contributed by atoms with Gasteiger partial charge in [0.05, 0.1) is 5.69 Å². The van der Waals surface area contributed by atoms with Crippen LogP contribution in [0.15, 0.2) is 16.2 Å². The monoisotopic (exact) mass is 332 g/mol. The molecule has 0 radical (unpaired) electrons. The molecular weight excluding hydrogens is 308 g/mol. The standard InChI is InChI=1S/C17H24N4OS/c1-12-11-23-17-19-14(9-16(22)21(12)17)10-20-7-4-13(5-8-20)15-3-2-6-18-15/h9,11,13,15,18H,2-8,10H2,1H3. The number of hydrogen-bond acceptors (Lipinski definition) is 5. The highest BCUT2D eigenvalue weighted by Crippen LogP contribution is 2.26. The van der Waals surface area contributed by atoms with Crippen LogP contribution in [0.2, 0.25) is 0 Å². The van der Waals surface area contributed by atoms with E-state index in [-0.39, 0.29) is 5.56 Å². The van der Waals surface area contributed by atoms with E-state index in [1.54, 1.807) is 21.8 Å². The average Bonchev–Trinajstić information content (AvgIpc) is 3.18. The van der Waals surface area contributed by atoms with Crippen molar-refractivity contribution in [1.82, 2.24) is 19.6 Å². The lowest BCUT2D eigenvalue weighted by Gasteiger charge is -2.34. The van der Waals surface area contributed by atoms with E-state index in [1.165, 1.54) is 32.2 Å². The van der Waals surface area contributed by atoms with Crippen molar-refractivity contribution in [2.45, 2.75) is 45.2 Å². The fourth-order valence-corrected chi connectivity index (χ4v) is 4.93. The summed E-state index contributed by atoms with van der Waals surface area (Å²) in [6.07, 6.45) is 5.20. The van der Waals surface area contributed by atoms with E-state index in [4.69, 9.17) is 0 Å². The van der Waals surface area contributed by atoms with Crippen LogP contribution in [0, 0.1) is 12.8 Å². The van der Waals surface area contributed by atoms with E-state index in [0.717, 1.165) is 47.9 Å². The molecule has 6 heteroatoms. The highest BCUT2D eigenvalue weighted by atomic mass is 32.1. The third-order valence-electron chi connectivity index (χ3n) is 5.31. The Kier molecular flexibility index (Phi) is 4.22. The Bertz CT molecular complexity index is 739. The molecule has 0 amide bonds. The number of piperidine rings is 1. The number of rotatable bonds is 3. The first-order chi connectivity index (χ1) is 11.2. The van der Waals surface area contributed by atoms with E-state index >= 15 is 0 Å². The van der Waals surface area contributed by atoms with Crippen molar-refractivity contribution in [3.63, 3.8) is 0 Å². The van der Waals surface area contributed by atoms with Gasteiger partial charge >= 0.3 is 0 Å². The third-order valence-corrected chi connectivity index (χ3v) is 6.26. The Balaban J connectivity index is 1.42. The van der Waals surface area contributed by atoms with Gasteiger partial charge in [0.1, 0.15) is 0 Å². The maximum atomic E-state index is 12.3. The van der Waals surface area contributed by atoms with Crippen molar-refractivity contribution in [3.8, 4) is 0 Å². The first-order valence-corrected chi connectivity index (χ1v) is 9.51. The van der Waals surface area contributed by atoms with Gasteiger partial charge in [-0.3, -0.25) is 14.1 Å². The minimum Gasteiger partial charge on any atom is -0.314 e. The molecule has 0 saturated carbocycles. The van der Waals surface area contributed by atoms with Crippen LogP contribution in [0.25, 0.3) is 4.96 Å². The molecule has 2 aromatic heterocycles.